The molecule has 2 aromatic rings. The molecule has 0 saturated carbocycles. The molecule has 5 N–H and O–H groups in total. The van der Waals surface area contributed by atoms with Crippen LogP contribution in [0.15, 0.2) is 31.9 Å². The van der Waals surface area contributed by atoms with E-state index in [9.17, 15) is 4.79 Å². The molecule has 0 aliphatic carbocycles. The summed E-state index contributed by atoms with van der Waals surface area (Å²) >= 11 is 6.42. The van der Waals surface area contributed by atoms with Crippen molar-refractivity contribution in [3.05, 3.63) is 37.2 Å². The first-order valence-electron chi connectivity index (χ1n) is 5.06. The average molecular weight is 347 g/mol. The number of rotatable bonds is 4. The summed E-state index contributed by atoms with van der Waals surface area (Å²) < 4.78 is 1.02. The van der Waals surface area contributed by atoms with Crippen LogP contribution in [-0.2, 0) is 0 Å². The molecule has 18 heavy (non-hydrogen) atoms. The van der Waals surface area contributed by atoms with E-state index in [4.69, 9.17) is 11.5 Å². The monoisotopic (exact) mass is 346 g/mol. The highest BCUT2D eigenvalue weighted by atomic mass is 79.9. The number of nitrogen functional groups attached to an aromatic ring is 1. The number of thiophene rings is 1. The van der Waals surface area contributed by atoms with E-state index in [1.807, 2.05) is 11.4 Å². The summed E-state index contributed by atoms with van der Waals surface area (Å²) in [5, 5.41) is 2.53. The van der Waals surface area contributed by atoms with E-state index in [1.165, 1.54) is 17.8 Å². The number of H-pyrrole nitrogens is 1. The Kier molecular flexibility index (Phi) is 4.44. The van der Waals surface area contributed by atoms with Crippen LogP contribution in [0.4, 0.5) is 5.82 Å². The topological polar surface area (TPSA) is 97.8 Å². The molecule has 2 aromatic heterocycles. The van der Waals surface area contributed by atoms with E-state index in [2.05, 4.69) is 25.9 Å². The van der Waals surface area contributed by atoms with Crippen molar-refractivity contribution >= 4 is 44.8 Å². The Morgan fingerprint density at radius 2 is 2.33 bits per heavy atom. The van der Waals surface area contributed by atoms with E-state index in [-0.39, 0.29) is 16.6 Å². The first-order chi connectivity index (χ1) is 8.58. The van der Waals surface area contributed by atoms with Crippen molar-refractivity contribution < 1.29 is 0 Å². The van der Waals surface area contributed by atoms with Gasteiger partial charge in [-0.3, -0.25) is 4.79 Å². The SMILES string of the molecule is NCC(Sc1nc(N)cc(=O)[nH]1)c1cc(Br)cs1. The Labute approximate surface area is 120 Å². The third-order valence-electron chi connectivity index (χ3n) is 2.11. The zero-order chi connectivity index (χ0) is 13.1. The van der Waals surface area contributed by atoms with E-state index < -0.39 is 0 Å². The van der Waals surface area contributed by atoms with Crippen molar-refractivity contribution in [1.82, 2.24) is 9.97 Å². The summed E-state index contributed by atoms with van der Waals surface area (Å²) in [7, 11) is 0. The largest absolute Gasteiger partial charge is 0.383 e. The third kappa shape index (κ3) is 3.35. The maximum atomic E-state index is 11.3. The van der Waals surface area contributed by atoms with Gasteiger partial charge in [0, 0.05) is 27.3 Å². The predicted octanol–water partition coefficient (Wildman–Crippen LogP) is 1.97. The molecule has 0 saturated heterocycles. The lowest BCUT2D eigenvalue weighted by atomic mass is 10.3. The third-order valence-corrected chi connectivity index (χ3v) is 5.22. The van der Waals surface area contributed by atoms with Gasteiger partial charge in [0.25, 0.3) is 5.56 Å². The van der Waals surface area contributed by atoms with Gasteiger partial charge in [-0.15, -0.1) is 11.3 Å². The number of hydrogen-bond donors (Lipinski definition) is 3. The number of thioether (sulfide) groups is 1. The highest BCUT2D eigenvalue weighted by molar-refractivity contribution is 9.10. The molecule has 2 heterocycles. The van der Waals surface area contributed by atoms with Crippen LogP contribution in [0.25, 0.3) is 0 Å². The lowest BCUT2D eigenvalue weighted by molar-refractivity contribution is 0.910. The molecule has 96 valence electrons. The van der Waals surface area contributed by atoms with Crippen molar-refractivity contribution in [2.24, 2.45) is 5.73 Å². The standard InChI is InChI=1S/C10H11BrN4OS2/c11-5-1-6(17-4-5)7(3-12)18-10-14-8(13)2-9(16)15-10/h1-2,4,7H,3,12H2,(H3,13,14,15,16). The van der Waals surface area contributed by atoms with Crippen LogP contribution in [0.1, 0.15) is 10.1 Å². The van der Waals surface area contributed by atoms with Gasteiger partial charge in [0.1, 0.15) is 5.82 Å². The molecule has 5 nitrogen and oxygen atoms in total. The van der Waals surface area contributed by atoms with Crippen molar-refractivity contribution in [3.8, 4) is 0 Å². The van der Waals surface area contributed by atoms with Gasteiger partial charge in [-0.2, -0.15) is 0 Å². The quantitative estimate of drug-likeness (QED) is 0.580. The lowest BCUT2D eigenvalue weighted by Gasteiger charge is -2.11. The van der Waals surface area contributed by atoms with Gasteiger partial charge in [0.15, 0.2) is 5.16 Å². The fraction of sp³-hybridized carbons (Fsp3) is 0.200. The minimum atomic E-state index is -0.256. The molecule has 0 bridgehead atoms. The van der Waals surface area contributed by atoms with Gasteiger partial charge >= 0.3 is 0 Å². The van der Waals surface area contributed by atoms with Crippen molar-refractivity contribution in [3.63, 3.8) is 0 Å². The average Bonchev–Trinajstić information content (AvgIpc) is 2.71. The first kappa shape index (κ1) is 13.6. The number of aromatic amines is 1. The van der Waals surface area contributed by atoms with E-state index in [0.717, 1.165) is 9.35 Å². The number of nitrogens with zero attached hydrogens (tertiary/aromatic N) is 1. The van der Waals surface area contributed by atoms with Crippen molar-refractivity contribution in [1.29, 1.82) is 0 Å². The second-order valence-electron chi connectivity index (χ2n) is 3.48. The Morgan fingerprint density at radius 3 is 2.89 bits per heavy atom. The number of halogens is 1. The van der Waals surface area contributed by atoms with Crippen LogP contribution in [0, 0.1) is 0 Å². The number of nitrogens with one attached hydrogen (secondary N) is 1. The minimum absolute atomic E-state index is 0.0475. The summed E-state index contributed by atoms with van der Waals surface area (Å²) in [5.41, 5.74) is 11.0. The Hall–Kier alpha value is -0.830. The van der Waals surface area contributed by atoms with Gasteiger partial charge in [0.2, 0.25) is 0 Å². The first-order valence-corrected chi connectivity index (χ1v) is 7.61. The van der Waals surface area contributed by atoms with E-state index >= 15 is 0 Å². The van der Waals surface area contributed by atoms with Crippen LogP contribution in [0.2, 0.25) is 0 Å². The Bertz CT molecular complexity index is 598. The molecule has 8 heteroatoms. The van der Waals surface area contributed by atoms with Gasteiger partial charge in [-0.25, -0.2) is 4.98 Å². The predicted molar refractivity (Wildman–Crippen MR) is 78.9 cm³/mol. The molecular formula is C10H11BrN4OS2. The number of anilines is 1. The lowest BCUT2D eigenvalue weighted by Crippen LogP contribution is -2.13. The molecule has 0 radical (unpaired) electrons. The second kappa shape index (κ2) is 5.87. The summed E-state index contributed by atoms with van der Waals surface area (Å²) in [5.74, 6) is 0.212. The van der Waals surface area contributed by atoms with Crippen LogP contribution in [0.5, 0.6) is 0 Å². The molecule has 1 unspecified atom stereocenters. The normalized spacial score (nSPS) is 12.6. The van der Waals surface area contributed by atoms with Gasteiger partial charge in [-0.05, 0) is 22.0 Å². The smallest absolute Gasteiger partial charge is 0.253 e. The Balaban J connectivity index is 2.22. The molecule has 0 fully saturated rings. The molecule has 0 aromatic carbocycles. The van der Waals surface area contributed by atoms with Crippen molar-refractivity contribution in [2.45, 2.75) is 10.4 Å². The highest BCUT2D eigenvalue weighted by Gasteiger charge is 2.15. The van der Waals surface area contributed by atoms with E-state index in [1.54, 1.807) is 11.3 Å². The zero-order valence-electron chi connectivity index (χ0n) is 9.22. The molecule has 0 spiro atoms. The maximum absolute atomic E-state index is 11.3. The number of aromatic nitrogens is 2. The van der Waals surface area contributed by atoms with Crippen LogP contribution >= 0.6 is 39.0 Å². The molecule has 0 aliphatic rings. The van der Waals surface area contributed by atoms with E-state index in [0.29, 0.717) is 11.7 Å². The van der Waals surface area contributed by atoms with Gasteiger partial charge < -0.3 is 16.5 Å². The molecule has 2 rings (SSSR count). The number of nitrogens with two attached hydrogens (primary N) is 2. The zero-order valence-corrected chi connectivity index (χ0v) is 12.4. The summed E-state index contributed by atoms with van der Waals surface area (Å²) in [6.45, 7) is 0.454. The van der Waals surface area contributed by atoms with Gasteiger partial charge in [-0.1, -0.05) is 11.8 Å². The fourth-order valence-electron chi connectivity index (χ4n) is 1.36. The summed E-state index contributed by atoms with van der Waals surface area (Å²) in [4.78, 5) is 19.1. The molecule has 0 aliphatic heterocycles. The Morgan fingerprint density at radius 1 is 1.56 bits per heavy atom. The summed E-state index contributed by atoms with van der Waals surface area (Å²) in [6.07, 6.45) is 0. The molecule has 1 atom stereocenters. The molecular weight excluding hydrogens is 336 g/mol. The number of hydrogen-bond acceptors (Lipinski definition) is 6. The summed E-state index contributed by atoms with van der Waals surface area (Å²) in [6, 6.07) is 3.27. The fourth-order valence-corrected chi connectivity index (χ4v) is 3.98. The highest BCUT2D eigenvalue weighted by Crippen LogP contribution is 2.36. The van der Waals surface area contributed by atoms with Gasteiger partial charge in [0.05, 0.1) is 5.25 Å². The molecule has 0 amide bonds. The second-order valence-corrected chi connectivity index (χ2v) is 6.53. The van der Waals surface area contributed by atoms with Crippen LogP contribution < -0.4 is 17.0 Å². The minimum Gasteiger partial charge on any atom is -0.383 e. The van der Waals surface area contributed by atoms with Crippen molar-refractivity contribution in [2.75, 3.05) is 12.3 Å². The van der Waals surface area contributed by atoms with Crippen LogP contribution in [0.3, 0.4) is 0 Å². The van der Waals surface area contributed by atoms with Crippen LogP contribution in [-0.4, -0.2) is 16.5 Å². The maximum Gasteiger partial charge on any atom is 0.253 e.